The molecule has 1 aliphatic rings. The van der Waals surface area contributed by atoms with E-state index >= 15 is 0 Å². The van der Waals surface area contributed by atoms with Gasteiger partial charge in [-0.1, -0.05) is 37.3 Å². The van der Waals surface area contributed by atoms with Crippen LogP contribution in [0.1, 0.15) is 36.7 Å². The quantitative estimate of drug-likeness (QED) is 0.594. The van der Waals surface area contributed by atoms with Crippen molar-refractivity contribution in [2.24, 2.45) is 10.9 Å². The van der Waals surface area contributed by atoms with Crippen LogP contribution in [0.5, 0.6) is 0 Å². The second-order valence-electron chi connectivity index (χ2n) is 7.67. The molecule has 26 heavy (non-hydrogen) atoms. The molecule has 3 rings (SSSR count). The summed E-state index contributed by atoms with van der Waals surface area (Å²) in [7, 11) is 1.84. The van der Waals surface area contributed by atoms with E-state index in [2.05, 4.69) is 75.7 Å². The first kappa shape index (κ1) is 18.5. The van der Waals surface area contributed by atoms with E-state index in [1.165, 1.54) is 24.1 Å². The summed E-state index contributed by atoms with van der Waals surface area (Å²) in [5, 5.41) is 11.5. The number of hydrogen-bond acceptors (Lipinski definition) is 2. The van der Waals surface area contributed by atoms with Crippen molar-refractivity contribution in [2.75, 3.05) is 20.1 Å². The molecule has 0 saturated heterocycles. The first-order valence-electron chi connectivity index (χ1n) is 9.53. The lowest BCUT2D eigenvalue weighted by Gasteiger charge is -2.20. The van der Waals surface area contributed by atoms with Crippen LogP contribution in [0.3, 0.4) is 0 Å². The van der Waals surface area contributed by atoms with E-state index in [0.717, 1.165) is 31.3 Å². The molecular formula is C21H31N5. The Morgan fingerprint density at radius 2 is 1.96 bits per heavy atom. The second kappa shape index (κ2) is 7.94. The highest BCUT2D eigenvalue weighted by Gasteiger charge is 2.43. The van der Waals surface area contributed by atoms with Crippen LogP contribution in [0.2, 0.25) is 0 Å². The largest absolute Gasteiger partial charge is 0.356 e. The third kappa shape index (κ3) is 4.45. The van der Waals surface area contributed by atoms with Gasteiger partial charge < -0.3 is 10.6 Å². The number of nitrogens with one attached hydrogen (secondary N) is 2. The molecule has 1 aliphatic carbocycles. The van der Waals surface area contributed by atoms with Crippen molar-refractivity contribution >= 4 is 5.96 Å². The molecule has 2 N–H and O–H groups in total. The Balaban J connectivity index is 1.47. The lowest BCUT2D eigenvalue weighted by molar-refractivity contribution is 0.435. The maximum Gasteiger partial charge on any atom is 0.191 e. The van der Waals surface area contributed by atoms with Gasteiger partial charge in [0.2, 0.25) is 0 Å². The van der Waals surface area contributed by atoms with E-state index in [0.29, 0.717) is 5.92 Å². The first-order valence-corrected chi connectivity index (χ1v) is 9.53. The number of benzene rings is 1. The molecule has 1 unspecified atom stereocenters. The summed E-state index contributed by atoms with van der Waals surface area (Å²) >= 11 is 0. The van der Waals surface area contributed by atoms with Gasteiger partial charge in [-0.3, -0.25) is 9.67 Å². The standard InChI is InChI=1S/C21H31N5/c1-16(14-26-18(3)12-17(2)25-26)13-23-20(22-4)24-15-21(10-11-21)19-8-6-5-7-9-19/h5-9,12,16H,10-11,13-15H2,1-4H3,(H2,22,23,24). The molecule has 5 nitrogen and oxygen atoms in total. The van der Waals surface area contributed by atoms with Gasteiger partial charge in [0.25, 0.3) is 0 Å². The zero-order chi connectivity index (χ0) is 18.6. The number of nitrogens with zero attached hydrogens (tertiary/aromatic N) is 3. The van der Waals surface area contributed by atoms with Crippen LogP contribution in [0.15, 0.2) is 41.4 Å². The predicted octanol–water partition coefficient (Wildman–Crippen LogP) is 3.03. The zero-order valence-electron chi connectivity index (χ0n) is 16.4. The SMILES string of the molecule is CN=C(NCC(C)Cn1nc(C)cc1C)NCC1(c2ccccc2)CC1. The van der Waals surface area contributed by atoms with Gasteiger partial charge >= 0.3 is 0 Å². The topological polar surface area (TPSA) is 54.2 Å². The number of aromatic nitrogens is 2. The number of rotatable bonds is 7. The zero-order valence-corrected chi connectivity index (χ0v) is 16.4. The van der Waals surface area contributed by atoms with Crippen molar-refractivity contribution in [2.45, 2.75) is 45.6 Å². The van der Waals surface area contributed by atoms with Crippen molar-refractivity contribution < 1.29 is 0 Å². The summed E-state index contributed by atoms with van der Waals surface area (Å²) in [6.07, 6.45) is 2.49. The molecule has 140 valence electrons. The molecule has 0 amide bonds. The molecule has 0 aliphatic heterocycles. The Morgan fingerprint density at radius 3 is 2.54 bits per heavy atom. The average molecular weight is 354 g/mol. The summed E-state index contributed by atoms with van der Waals surface area (Å²) in [6.45, 7) is 9.11. The van der Waals surface area contributed by atoms with Gasteiger partial charge in [-0.05, 0) is 44.2 Å². The Bertz CT molecular complexity index is 743. The van der Waals surface area contributed by atoms with Gasteiger partial charge in [0.1, 0.15) is 0 Å². The monoisotopic (exact) mass is 353 g/mol. The Kier molecular flexibility index (Phi) is 5.64. The van der Waals surface area contributed by atoms with Crippen LogP contribution < -0.4 is 10.6 Å². The molecule has 1 atom stereocenters. The summed E-state index contributed by atoms with van der Waals surface area (Å²) in [5.74, 6) is 1.35. The van der Waals surface area contributed by atoms with Crippen molar-refractivity contribution in [3.05, 3.63) is 53.3 Å². The molecule has 1 aromatic heterocycles. The minimum atomic E-state index is 0.286. The van der Waals surface area contributed by atoms with E-state index < -0.39 is 0 Å². The minimum absolute atomic E-state index is 0.286. The molecule has 0 radical (unpaired) electrons. The summed E-state index contributed by atoms with van der Waals surface area (Å²) in [6, 6.07) is 12.9. The van der Waals surface area contributed by atoms with Crippen LogP contribution in [0, 0.1) is 19.8 Å². The van der Waals surface area contributed by atoms with E-state index in [-0.39, 0.29) is 5.41 Å². The van der Waals surface area contributed by atoms with Crippen molar-refractivity contribution in [3.8, 4) is 0 Å². The average Bonchev–Trinajstić information content (AvgIpc) is 3.36. The van der Waals surface area contributed by atoms with Crippen LogP contribution in [-0.2, 0) is 12.0 Å². The van der Waals surface area contributed by atoms with Crippen LogP contribution in [0.25, 0.3) is 0 Å². The smallest absolute Gasteiger partial charge is 0.191 e. The summed E-state index contributed by atoms with van der Waals surface area (Å²) < 4.78 is 2.09. The number of aliphatic imine (C=N–C) groups is 1. The Labute approximate surface area is 156 Å². The third-order valence-electron chi connectivity index (χ3n) is 5.26. The molecule has 5 heteroatoms. The fourth-order valence-electron chi connectivity index (χ4n) is 3.47. The molecule has 1 saturated carbocycles. The number of hydrogen-bond donors (Lipinski definition) is 2. The predicted molar refractivity (Wildman–Crippen MR) is 108 cm³/mol. The van der Waals surface area contributed by atoms with Gasteiger partial charge in [0, 0.05) is 37.8 Å². The molecule has 1 aromatic carbocycles. The Hall–Kier alpha value is -2.30. The lowest BCUT2D eigenvalue weighted by Crippen LogP contribution is -2.43. The van der Waals surface area contributed by atoms with Gasteiger partial charge in [0.05, 0.1) is 5.69 Å². The molecule has 1 heterocycles. The Morgan fingerprint density at radius 1 is 1.23 bits per heavy atom. The second-order valence-corrected chi connectivity index (χ2v) is 7.67. The number of guanidine groups is 1. The summed E-state index contributed by atoms with van der Waals surface area (Å²) in [4.78, 5) is 4.39. The van der Waals surface area contributed by atoms with Crippen molar-refractivity contribution in [1.82, 2.24) is 20.4 Å². The van der Waals surface area contributed by atoms with Gasteiger partial charge in [0.15, 0.2) is 5.96 Å². The molecule has 1 fully saturated rings. The first-order chi connectivity index (χ1) is 12.5. The van der Waals surface area contributed by atoms with Gasteiger partial charge in [-0.15, -0.1) is 0 Å². The highest BCUT2D eigenvalue weighted by molar-refractivity contribution is 5.79. The fraction of sp³-hybridized carbons (Fsp3) is 0.524. The van der Waals surface area contributed by atoms with Crippen LogP contribution in [-0.4, -0.2) is 35.9 Å². The van der Waals surface area contributed by atoms with Crippen LogP contribution >= 0.6 is 0 Å². The molecule has 0 bridgehead atoms. The molecular weight excluding hydrogens is 322 g/mol. The highest BCUT2D eigenvalue weighted by Crippen LogP contribution is 2.47. The van der Waals surface area contributed by atoms with E-state index in [4.69, 9.17) is 0 Å². The van der Waals surface area contributed by atoms with E-state index in [9.17, 15) is 0 Å². The molecule has 0 spiro atoms. The summed E-state index contributed by atoms with van der Waals surface area (Å²) in [5.41, 5.74) is 4.01. The van der Waals surface area contributed by atoms with Gasteiger partial charge in [-0.2, -0.15) is 5.10 Å². The lowest BCUT2D eigenvalue weighted by atomic mass is 9.96. The minimum Gasteiger partial charge on any atom is -0.356 e. The maximum atomic E-state index is 4.55. The van der Waals surface area contributed by atoms with Crippen LogP contribution in [0.4, 0.5) is 0 Å². The van der Waals surface area contributed by atoms with Crippen molar-refractivity contribution in [3.63, 3.8) is 0 Å². The fourth-order valence-corrected chi connectivity index (χ4v) is 3.47. The highest BCUT2D eigenvalue weighted by atomic mass is 15.3. The maximum absolute atomic E-state index is 4.55. The molecule has 2 aromatic rings. The van der Waals surface area contributed by atoms with Gasteiger partial charge in [-0.25, -0.2) is 0 Å². The number of aryl methyl sites for hydroxylation is 2. The van der Waals surface area contributed by atoms with Crippen molar-refractivity contribution in [1.29, 1.82) is 0 Å². The van der Waals surface area contributed by atoms with E-state index in [1.54, 1.807) is 0 Å². The third-order valence-corrected chi connectivity index (χ3v) is 5.26. The normalized spacial score (nSPS) is 17.0. The van der Waals surface area contributed by atoms with E-state index in [1.807, 2.05) is 14.0 Å².